The number of hydrogen-bond acceptors (Lipinski definition) is 1. The Morgan fingerprint density at radius 2 is 1.19 bits per heavy atom. The second-order valence-corrected chi connectivity index (χ2v) is 5.93. The van der Waals surface area contributed by atoms with Gasteiger partial charge in [0.25, 0.3) is 0 Å². The van der Waals surface area contributed by atoms with E-state index in [0.717, 1.165) is 0 Å². The molecule has 16 heavy (non-hydrogen) atoms. The summed E-state index contributed by atoms with van der Waals surface area (Å²) in [6, 6.07) is 0. The van der Waals surface area contributed by atoms with Crippen molar-refractivity contribution in [2.75, 3.05) is 13.1 Å². The van der Waals surface area contributed by atoms with Crippen LogP contribution in [0.15, 0.2) is 0 Å². The molecule has 1 heteroatoms. The topological polar surface area (TPSA) is 3.24 Å². The molecule has 0 aliphatic heterocycles. The predicted molar refractivity (Wildman–Crippen MR) is 75.0 cm³/mol. The van der Waals surface area contributed by atoms with E-state index in [0.29, 0.717) is 5.54 Å². The summed E-state index contributed by atoms with van der Waals surface area (Å²) >= 11 is 0. The van der Waals surface area contributed by atoms with Gasteiger partial charge in [0.05, 0.1) is 0 Å². The molecule has 98 valence electrons. The summed E-state index contributed by atoms with van der Waals surface area (Å²) in [5, 5.41) is 0. The van der Waals surface area contributed by atoms with Gasteiger partial charge in [-0.1, -0.05) is 46.0 Å². The molecule has 0 bridgehead atoms. The lowest BCUT2D eigenvalue weighted by molar-refractivity contribution is 0.131. The Hall–Kier alpha value is -0.0400. The van der Waals surface area contributed by atoms with E-state index >= 15 is 0 Å². The Kier molecular flexibility index (Phi) is 9.02. The van der Waals surface area contributed by atoms with Crippen molar-refractivity contribution < 1.29 is 0 Å². The molecule has 0 N–H and O–H groups in total. The lowest BCUT2D eigenvalue weighted by atomic mass is 10.0. The molecule has 0 amide bonds. The van der Waals surface area contributed by atoms with Crippen LogP contribution in [-0.2, 0) is 0 Å². The molecule has 0 rings (SSSR count). The van der Waals surface area contributed by atoms with Crippen LogP contribution in [0.5, 0.6) is 0 Å². The first-order valence-corrected chi connectivity index (χ1v) is 7.27. The molecule has 0 aromatic heterocycles. The predicted octanol–water partition coefficient (Wildman–Crippen LogP) is 4.86. The van der Waals surface area contributed by atoms with E-state index in [9.17, 15) is 0 Å². The highest BCUT2D eigenvalue weighted by Gasteiger charge is 2.19. The molecule has 0 atom stereocenters. The largest absolute Gasteiger partial charge is 0.298 e. The van der Waals surface area contributed by atoms with Crippen molar-refractivity contribution in [2.45, 2.75) is 85.1 Å². The summed E-state index contributed by atoms with van der Waals surface area (Å²) in [4.78, 5) is 2.66. The Morgan fingerprint density at radius 1 is 0.688 bits per heavy atom. The molecule has 0 spiro atoms. The molecule has 1 nitrogen and oxygen atoms in total. The van der Waals surface area contributed by atoms with Gasteiger partial charge < -0.3 is 0 Å². The van der Waals surface area contributed by atoms with Gasteiger partial charge in [-0.05, 0) is 46.7 Å². The van der Waals surface area contributed by atoms with Crippen LogP contribution in [0.2, 0.25) is 0 Å². The van der Waals surface area contributed by atoms with Crippen molar-refractivity contribution in [2.24, 2.45) is 0 Å². The SMILES string of the molecule is CCCCCCCN(CCCC)C(C)(C)C. The summed E-state index contributed by atoms with van der Waals surface area (Å²) in [6.07, 6.45) is 9.60. The van der Waals surface area contributed by atoms with E-state index in [-0.39, 0.29) is 0 Å². The molecular weight excluding hydrogens is 194 g/mol. The van der Waals surface area contributed by atoms with E-state index in [1.807, 2.05) is 0 Å². The maximum Gasteiger partial charge on any atom is 0.0125 e. The Labute approximate surface area is 104 Å². The molecule has 0 radical (unpaired) electrons. The second-order valence-electron chi connectivity index (χ2n) is 5.93. The lowest BCUT2D eigenvalue weighted by Crippen LogP contribution is -2.42. The van der Waals surface area contributed by atoms with Crippen molar-refractivity contribution in [3.63, 3.8) is 0 Å². The van der Waals surface area contributed by atoms with Gasteiger partial charge in [0.2, 0.25) is 0 Å². The maximum absolute atomic E-state index is 2.66. The second kappa shape index (κ2) is 9.04. The van der Waals surface area contributed by atoms with Gasteiger partial charge in [-0.3, -0.25) is 4.90 Å². The molecule has 0 aromatic rings. The average molecular weight is 227 g/mol. The number of hydrogen-bond donors (Lipinski definition) is 0. The third-order valence-electron chi connectivity index (χ3n) is 3.26. The zero-order valence-electron chi connectivity index (χ0n) is 12.3. The minimum absolute atomic E-state index is 0.347. The van der Waals surface area contributed by atoms with Crippen molar-refractivity contribution in [1.82, 2.24) is 4.90 Å². The van der Waals surface area contributed by atoms with Crippen LogP contribution in [0.1, 0.15) is 79.6 Å². The van der Waals surface area contributed by atoms with Crippen LogP contribution in [-0.4, -0.2) is 23.5 Å². The smallest absolute Gasteiger partial charge is 0.0125 e. The van der Waals surface area contributed by atoms with Crippen molar-refractivity contribution >= 4 is 0 Å². The minimum Gasteiger partial charge on any atom is -0.298 e. The van der Waals surface area contributed by atoms with E-state index in [1.54, 1.807) is 0 Å². The summed E-state index contributed by atoms with van der Waals surface area (Å²) in [6.45, 7) is 14.1. The van der Waals surface area contributed by atoms with Crippen molar-refractivity contribution in [3.8, 4) is 0 Å². The summed E-state index contributed by atoms with van der Waals surface area (Å²) in [7, 11) is 0. The fraction of sp³-hybridized carbons (Fsp3) is 1.00. The zero-order chi connectivity index (χ0) is 12.4. The molecule has 0 aliphatic rings. The van der Waals surface area contributed by atoms with Crippen LogP contribution in [0.25, 0.3) is 0 Å². The van der Waals surface area contributed by atoms with Gasteiger partial charge in [0.1, 0.15) is 0 Å². The van der Waals surface area contributed by atoms with Crippen LogP contribution < -0.4 is 0 Å². The fourth-order valence-corrected chi connectivity index (χ4v) is 2.04. The normalized spacial score (nSPS) is 12.4. The Morgan fingerprint density at radius 3 is 1.69 bits per heavy atom. The van der Waals surface area contributed by atoms with Crippen LogP contribution in [0.4, 0.5) is 0 Å². The summed E-state index contributed by atoms with van der Waals surface area (Å²) in [5.74, 6) is 0. The average Bonchev–Trinajstić information content (AvgIpc) is 2.20. The zero-order valence-corrected chi connectivity index (χ0v) is 12.3. The highest BCUT2D eigenvalue weighted by atomic mass is 15.2. The van der Waals surface area contributed by atoms with Crippen molar-refractivity contribution in [1.29, 1.82) is 0 Å². The van der Waals surface area contributed by atoms with Gasteiger partial charge in [-0.15, -0.1) is 0 Å². The van der Waals surface area contributed by atoms with Gasteiger partial charge in [0, 0.05) is 5.54 Å². The van der Waals surface area contributed by atoms with Gasteiger partial charge in [-0.25, -0.2) is 0 Å². The summed E-state index contributed by atoms with van der Waals surface area (Å²) < 4.78 is 0. The van der Waals surface area contributed by atoms with Crippen LogP contribution in [0, 0.1) is 0 Å². The molecule has 0 saturated carbocycles. The lowest BCUT2D eigenvalue weighted by Gasteiger charge is -2.35. The Bertz CT molecular complexity index is 146. The first kappa shape index (κ1) is 16.0. The molecule has 0 aromatic carbocycles. The minimum atomic E-state index is 0.347. The van der Waals surface area contributed by atoms with E-state index in [4.69, 9.17) is 0 Å². The number of rotatable bonds is 9. The molecule has 0 aliphatic carbocycles. The number of nitrogens with zero attached hydrogens (tertiary/aromatic N) is 1. The quantitative estimate of drug-likeness (QED) is 0.509. The molecule has 0 fully saturated rings. The molecule has 0 heterocycles. The monoisotopic (exact) mass is 227 g/mol. The Balaban J connectivity index is 3.75. The first-order chi connectivity index (χ1) is 7.52. The van der Waals surface area contributed by atoms with Gasteiger partial charge in [0.15, 0.2) is 0 Å². The molecule has 0 saturated heterocycles. The highest BCUT2D eigenvalue weighted by Crippen LogP contribution is 2.16. The van der Waals surface area contributed by atoms with Crippen molar-refractivity contribution in [3.05, 3.63) is 0 Å². The maximum atomic E-state index is 2.66. The van der Waals surface area contributed by atoms with E-state index in [1.165, 1.54) is 58.0 Å². The molecular formula is C15H33N. The van der Waals surface area contributed by atoms with E-state index in [2.05, 4.69) is 39.5 Å². The van der Waals surface area contributed by atoms with Crippen LogP contribution in [0.3, 0.4) is 0 Å². The van der Waals surface area contributed by atoms with Crippen LogP contribution >= 0.6 is 0 Å². The highest BCUT2D eigenvalue weighted by molar-refractivity contribution is 4.75. The summed E-state index contributed by atoms with van der Waals surface area (Å²) in [5.41, 5.74) is 0.347. The first-order valence-electron chi connectivity index (χ1n) is 7.27. The fourth-order valence-electron chi connectivity index (χ4n) is 2.04. The number of unbranched alkanes of at least 4 members (excludes halogenated alkanes) is 5. The van der Waals surface area contributed by atoms with Gasteiger partial charge in [-0.2, -0.15) is 0 Å². The standard InChI is InChI=1S/C15H33N/c1-6-8-10-11-12-14-16(13-9-7-2)15(3,4)5/h6-14H2,1-5H3. The third kappa shape index (κ3) is 8.15. The third-order valence-corrected chi connectivity index (χ3v) is 3.26. The molecule has 0 unspecified atom stereocenters. The van der Waals surface area contributed by atoms with Gasteiger partial charge >= 0.3 is 0 Å². The van der Waals surface area contributed by atoms with E-state index < -0.39 is 0 Å².